The van der Waals surface area contributed by atoms with E-state index in [-0.39, 0.29) is 29.8 Å². The number of rotatable bonds is 9. The van der Waals surface area contributed by atoms with E-state index in [9.17, 15) is 18.0 Å². The normalized spacial score (nSPS) is 22.8. The van der Waals surface area contributed by atoms with Gasteiger partial charge < -0.3 is 20.7 Å². The van der Waals surface area contributed by atoms with E-state index >= 15 is 0 Å². The summed E-state index contributed by atoms with van der Waals surface area (Å²) in [5.74, 6) is -0.0733. The molecule has 0 aromatic heterocycles. The summed E-state index contributed by atoms with van der Waals surface area (Å²) in [6.45, 7) is 2.35. The number of hydrogen-bond donors (Lipinski definition) is 2. The van der Waals surface area contributed by atoms with E-state index in [4.69, 9.17) is 10.5 Å². The van der Waals surface area contributed by atoms with E-state index < -0.39 is 16.1 Å². The summed E-state index contributed by atoms with van der Waals surface area (Å²) in [6.07, 6.45) is 6.09. The molecule has 41 heavy (non-hydrogen) atoms. The van der Waals surface area contributed by atoms with Crippen molar-refractivity contribution in [3.05, 3.63) is 65.7 Å². The number of sulfonamides is 1. The molecule has 1 saturated carbocycles. The highest BCUT2D eigenvalue weighted by Gasteiger charge is 2.48. The van der Waals surface area contributed by atoms with Crippen LogP contribution in [-0.4, -0.2) is 70.2 Å². The number of carbonyl (C=O) groups excluding carboxylic acids is 2. The van der Waals surface area contributed by atoms with Gasteiger partial charge in [0, 0.05) is 31.0 Å². The fraction of sp³-hybridized carbons (Fsp3) is 0.548. The summed E-state index contributed by atoms with van der Waals surface area (Å²) in [5.41, 5.74) is 8.32. The number of likely N-dealkylation sites (tertiary alicyclic amines) is 1. The number of para-hydroxylation sites is 1. The molecule has 2 aromatic carbocycles. The van der Waals surface area contributed by atoms with Crippen molar-refractivity contribution in [1.29, 1.82) is 0 Å². The fourth-order valence-electron chi connectivity index (χ4n) is 6.76. The van der Waals surface area contributed by atoms with Gasteiger partial charge in [-0.15, -0.1) is 0 Å². The number of nitrogens with two attached hydrogens (primary N) is 1. The van der Waals surface area contributed by atoms with Gasteiger partial charge in [0.25, 0.3) is 0 Å². The number of piperidine rings is 1. The van der Waals surface area contributed by atoms with Crippen LogP contribution in [0.1, 0.15) is 49.7 Å². The molecule has 1 spiro atoms. The van der Waals surface area contributed by atoms with E-state index in [1.54, 1.807) is 4.90 Å². The molecule has 2 aromatic rings. The number of carbonyl (C=O) groups is 2. The fourth-order valence-corrected chi connectivity index (χ4v) is 7.76. The average Bonchev–Trinajstić information content (AvgIpc) is 3.31. The summed E-state index contributed by atoms with van der Waals surface area (Å²) < 4.78 is 32.6. The zero-order chi connectivity index (χ0) is 29.0. The first-order chi connectivity index (χ1) is 19.7. The van der Waals surface area contributed by atoms with Gasteiger partial charge >= 0.3 is 0 Å². The largest absolute Gasteiger partial charge is 0.374 e. The van der Waals surface area contributed by atoms with Crippen LogP contribution in [0.4, 0.5) is 5.69 Å². The maximum Gasteiger partial charge on any atom is 0.247 e. The van der Waals surface area contributed by atoms with Crippen molar-refractivity contribution >= 4 is 27.5 Å². The SMILES string of the molecule is CS(=O)(=O)N1CC2(CCN(C(=O)[C@@H](COCc3ccccc3)NC(=O)[C@@H]3CCC[C@H](CN)C3)CC2)c2ccccc21. The Morgan fingerprint density at radius 1 is 1.07 bits per heavy atom. The highest BCUT2D eigenvalue weighted by atomic mass is 32.2. The van der Waals surface area contributed by atoms with Crippen LogP contribution < -0.4 is 15.4 Å². The van der Waals surface area contributed by atoms with Crippen molar-refractivity contribution in [3.63, 3.8) is 0 Å². The Balaban J connectivity index is 1.27. The Kier molecular flexibility index (Phi) is 9.01. The minimum Gasteiger partial charge on any atom is -0.374 e. The molecule has 3 aliphatic rings. The van der Waals surface area contributed by atoms with Gasteiger partial charge in [-0.25, -0.2) is 8.42 Å². The van der Waals surface area contributed by atoms with E-state index in [1.165, 1.54) is 10.6 Å². The minimum atomic E-state index is -3.42. The Hall–Kier alpha value is -2.95. The quantitative estimate of drug-likeness (QED) is 0.469. The van der Waals surface area contributed by atoms with Gasteiger partial charge in [-0.2, -0.15) is 0 Å². The van der Waals surface area contributed by atoms with Gasteiger partial charge in [0.2, 0.25) is 21.8 Å². The number of fused-ring (bicyclic) bond motifs is 2. The number of nitrogens with zero attached hydrogens (tertiary/aromatic N) is 2. The van der Waals surface area contributed by atoms with Gasteiger partial charge in [-0.1, -0.05) is 55.0 Å². The number of amides is 2. The van der Waals surface area contributed by atoms with Crippen LogP contribution in [0.15, 0.2) is 54.6 Å². The summed E-state index contributed by atoms with van der Waals surface area (Å²) in [6, 6.07) is 16.6. The molecule has 5 rings (SSSR count). The lowest BCUT2D eigenvalue weighted by Gasteiger charge is -2.41. The predicted molar refractivity (Wildman–Crippen MR) is 159 cm³/mol. The third kappa shape index (κ3) is 6.60. The maximum absolute atomic E-state index is 13.9. The summed E-state index contributed by atoms with van der Waals surface area (Å²) >= 11 is 0. The van der Waals surface area contributed by atoms with Crippen molar-refractivity contribution in [2.24, 2.45) is 17.6 Å². The van der Waals surface area contributed by atoms with Crippen LogP contribution in [-0.2, 0) is 36.4 Å². The third-order valence-electron chi connectivity index (χ3n) is 9.12. The first-order valence-corrected chi connectivity index (χ1v) is 16.5. The monoisotopic (exact) mass is 582 g/mol. The molecule has 1 saturated heterocycles. The Labute approximate surface area is 243 Å². The summed E-state index contributed by atoms with van der Waals surface area (Å²) in [4.78, 5) is 29.0. The number of benzene rings is 2. The number of nitrogens with one attached hydrogen (secondary N) is 1. The molecule has 2 heterocycles. The molecule has 10 heteroatoms. The van der Waals surface area contributed by atoms with Gasteiger partial charge in [-0.3, -0.25) is 13.9 Å². The highest BCUT2D eigenvalue weighted by molar-refractivity contribution is 7.92. The highest BCUT2D eigenvalue weighted by Crippen LogP contribution is 2.47. The maximum atomic E-state index is 13.9. The van der Waals surface area contributed by atoms with Crippen LogP contribution in [0.2, 0.25) is 0 Å². The molecule has 2 amide bonds. The minimum absolute atomic E-state index is 0.0822. The second kappa shape index (κ2) is 12.5. The van der Waals surface area contributed by atoms with Gasteiger partial charge in [-0.05, 0) is 61.8 Å². The zero-order valence-electron chi connectivity index (χ0n) is 23.8. The third-order valence-corrected chi connectivity index (χ3v) is 10.2. The molecule has 0 radical (unpaired) electrons. The molecule has 2 fully saturated rings. The van der Waals surface area contributed by atoms with Crippen molar-refractivity contribution in [1.82, 2.24) is 10.2 Å². The van der Waals surface area contributed by atoms with Crippen LogP contribution in [0.5, 0.6) is 0 Å². The second-order valence-corrected chi connectivity index (χ2v) is 13.8. The van der Waals surface area contributed by atoms with Crippen molar-refractivity contribution in [2.45, 2.75) is 56.6 Å². The Morgan fingerprint density at radius 2 is 1.78 bits per heavy atom. The molecule has 0 unspecified atom stereocenters. The molecule has 9 nitrogen and oxygen atoms in total. The standard InChI is InChI=1S/C31H42N4O5S/c1-41(38,39)35-22-31(26-12-5-6-13-28(26)35)14-16-34(17-15-31)30(37)27(21-40-20-23-8-3-2-4-9-23)33-29(36)25-11-7-10-24(18-25)19-32/h2-6,8-9,12-13,24-25,27H,7,10-11,14-22,32H2,1H3,(H,33,36)/t24-,25+,27+/m0/s1. The topological polar surface area (TPSA) is 122 Å². The first kappa shape index (κ1) is 29.5. The van der Waals surface area contributed by atoms with Gasteiger partial charge in [0.05, 0.1) is 25.2 Å². The van der Waals surface area contributed by atoms with Crippen LogP contribution in [0.3, 0.4) is 0 Å². The lowest BCUT2D eigenvalue weighted by Crippen LogP contribution is -2.56. The lowest BCUT2D eigenvalue weighted by molar-refractivity contribution is -0.141. The van der Waals surface area contributed by atoms with E-state index in [0.29, 0.717) is 51.5 Å². The van der Waals surface area contributed by atoms with E-state index in [2.05, 4.69) is 5.32 Å². The molecular weight excluding hydrogens is 540 g/mol. The molecule has 3 N–H and O–H groups in total. The molecule has 222 valence electrons. The predicted octanol–water partition coefficient (Wildman–Crippen LogP) is 2.79. The number of hydrogen-bond acceptors (Lipinski definition) is 6. The lowest BCUT2D eigenvalue weighted by atomic mass is 9.74. The molecule has 3 atom stereocenters. The van der Waals surface area contributed by atoms with Gasteiger partial charge in [0.15, 0.2) is 0 Å². The molecule has 0 bridgehead atoms. The summed E-state index contributed by atoms with van der Waals surface area (Å²) in [5, 5.41) is 3.03. The second-order valence-electron chi connectivity index (χ2n) is 11.9. The molecule has 2 aliphatic heterocycles. The molecular formula is C31H42N4O5S. The van der Waals surface area contributed by atoms with E-state index in [0.717, 1.165) is 42.5 Å². The summed E-state index contributed by atoms with van der Waals surface area (Å²) in [7, 11) is -3.42. The van der Waals surface area contributed by atoms with Crippen LogP contribution >= 0.6 is 0 Å². The smallest absolute Gasteiger partial charge is 0.247 e. The van der Waals surface area contributed by atoms with Crippen LogP contribution in [0.25, 0.3) is 0 Å². The van der Waals surface area contributed by atoms with Crippen molar-refractivity contribution in [3.8, 4) is 0 Å². The van der Waals surface area contributed by atoms with Gasteiger partial charge in [0.1, 0.15) is 6.04 Å². The Bertz CT molecular complexity index is 1330. The van der Waals surface area contributed by atoms with Crippen molar-refractivity contribution in [2.75, 3.05) is 43.3 Å². The van der Waals surface area contributed by atoms with Crippen LogP contribution in [0, 0.1) is 11.8 Å². The zero-order valence-corrected chi connectivity index (χ0v) is 24.7. The molecule has 1 aliphatic carbocycles. The number of ether oxygens (including phenoxy) is 1. The average molecular weight is 583 g/mol. The van der Waals surface area contributed by atoms with Crippen molar-refractivity contribution < 1.29 is 22.7 Å². The van der Waals surface area contributed by atoms with E-state index in [1.807, 2.05) is 54.6 Å². The first-order valence-electron chi connectivity index (χ1n) is 14.7. The Morgan fingerprint density at radius 3 is 2.49 bits per heavy atom. The number of anilines is 1.